The number of rotatable bonds is 6. The molecular weight excluding hydrogens is 526 g/mol. The molecule has 0 N–H and O–H groups in total. The van der Waals surface area contributed by atoms with E-state index in [0.29, 0.717) is 5.56 Å². The first-order chi connectivity index (χ1) is 17.5. The van der Waals surface area contributed by atoms with E-state index in [0.717, 1.165) is 0 Å². The SMILES string of the molecule is COc1cc(/C=C2/C(=O)N(c3c(F)c(F)c(F)c(F)c3F)N=C2C)cc(Cl)c1OCc1ccc(F)cc1. The molecule has 1 amide bonds. The van der Waals surface area contributed by atoms with Gasteiger partial charge in [0.15, 0.2) is 34.8 Å². The van der Waals surface area contributed by atoms with Crippen molar-refractivity contribution in [1.82, 2.24) is 0 Å². The van der Waals surface area contributed by atoms with Gasteiger partial charge in [-0.05, 0) is 48.4 Å². The van der Waals surface area contributed by atoms with Crippen molar-refractivity contribution in [3.8, 4) is 11.5 Å². The molecule has 5 nitrogen and oxygen atoms in total. The number of amides is 1. The summed E-state index contributed by atoms with van der Waals surface area (Å²) < 4.78 is 93.3. The van der Waals surface area contributed by atoms with Crippen LogP contribution >= 0.6 is 11.6 Å². The van der Waals surface area contributed by atoms with Crippen molar-refractivity contribution in [3.05, 3.63) is 93.0 Å². The third-order valence-electron chi connectivity index (χ3n) is 5.32. The van der Waals surface area contributed by atoms with Gasteiger partial charge in [-0.2, -0.15) is 10.1 Å². The van der Waals surface area contributed by atoms with E-state index in [9.17, 15) is 31.1 Å². The van der Waals surface area contributed by atoms with Crippen LogP contribution in [0.5, 0.6) is 11.5 Å². The zero-order valence-electron chi connectivity index (χ0n) is 19.0. The zero-order chi connectivity index (χ0) is 27.0. The van der Waals surface area contributed by atoms with Crippen LogP contribution in [-0.2, 0) is 11.4 Å². The van der Waals surface area contributed by atoms with E-state index >= 15 is 0 Å². The Bertz CT molecular complexity index is 1450. The van der Waals surface area contributed by atoms with Crippen molar-refractivity contribution < 1.29 is 40.6 Å². The van der Waals surface area contributed by atoms with Gasteiger partial charge in [-0.15, -0.1) is 0 Å². The predicted octanol–water partition coefficient (Wildman–Crippen LogP) is 6.57. The molecule has 0 radical (unpaired) electrons. The maximum absolute atomic E-state index is 14.2. The van der Waals surface area contributed by atoms with E-state index in [-0.39, 0.29) is 45.0 Å². The van der Waals surface area contributed by atoms with Gasteiger partial charge in [-0.25, -0.2) is 26.3 Å². The Morgan fingerprint density at radius 2 is 1.54 bits per heavy atom. The molecular formula is C25H15ClF6N2O3. The number of hydrazone groups is 1. The van der Waals surface area contributed by atoms with Crippen LogP contribution in [0.2, 0.25) is 5.02 Å². The van der Waals surface area contributed by atoms with E-state index in [1.54, 1.807) is 0 Å². The molecule has 0 aliphatic carbocycles. The number of ether oxygens (including phenoxy) is 2. The normalized spacial score (nSPS) is 14.4. The van der Waals surface area contributed by atoms with Crippen LogP contribution < -0.4 is 14.5 Å². The van der Waals surface area contributed by atoms with E-state index in [1.807, 2.05) is 0 Å². The van der Waals surface area contributed by atoms with Gasteiger partial charge in [0.25, 0.3) is 5.91 Å². The average Bonchev–Trinajstić information content (AvgIpc) is 3.14. The summed E-state index contributed by atoms with van der Waals surface area (Å²) in [4.78, 5) is 12.9. The average molecular weight is 541 g/mol. The first-order valence-corrected chi connectivity index (χ1v) is 10.8. The summed E-state index contributed by atoms with van der Waals surface area (Å²) in [5.41, 5.74) is -0.803. The van der Waals surface area contributed by atoms with Gasteiger partial charge in [0.05, 0.1) is 23.4 Å². The third-order valence-corrected chi connectivity index (χ3v) is 5.60. The number of anilines is 1. The summed E-state index contributed by atoms with van der Waals surface area (Å²) in [7, 11) is 1.34. The Balaban J connectivity index is 1.65. The third kappa shape index (κ3) is 4.86. The summed E-state index contributed by atoms with van der Waals surface area (Å²) in [5.74, 6) is -12.4. The Hall–Kier alpha value is -3.99. The number of halogens is 7. The number of carbonyl (C=O) groups excluding carboxylic acids is 1. The number of carbonyl (C=O) groups is 1. The van der Waals surface area contributed by atoms with Crippen molar-refractivity contribution >= 4 is 35.0 Å². The first-order valence-electron chi connectivity index (χ1n) is 10.4. The van der Waals surface area contributed by atoms with Gasteiger partial charge in [0.2, 0.25) is 5.82 Å². The molecule has 3 aromatic rings. The molecule has 1 heterocycles. The van der Waals surface area contributed by atoms with Crippen LogP contribution in [-0.4, -0.2) is 18.7 Å². The molecule has 192 valence electrons. The van der Waals surface area contributed by atoms with Crippen molar-refractivity contribution in [2.24, 2.45) is 5.10 Å². The van der Waals surface area contributed by atoms with Crippen molar-refractivity contribution in [3.63, 3.8) is 0 Å². The maximum atomic E-state index is 14.2. The van der Waals surface area contributed by atoms with Gasteiger partial charge in [-0.3, -0.25) is 4.79 Å². The fourth-order valence-electron chi connectivity index (χ4n) is 3.48. The molecule has 0 saturated carbocycles. The summed E-state index contributed by atoms with van der Waals surface area (Å²) >= 11 is 6.34. The highest BCUT2D eigenvalue weighted by atomic mass is 35.5. The smallest absolute Gasteiger partial charge is 0.280 e. The largest absolute Gasteiger partial charge is 0.493 e. The Morgan fingerprint density at radius 1 is 0.946 bits per heavy atom. The van der Waals surface area contributed by atoms with Crippen molar-refractivity contribution in [2.75, 3.05) is 12.1 Å². The molecule has 4 rings (SSSR count). The molecule has 0 aromatic heterocycles. The van der Waals surface area contributed by atoms with E-state index in [2.05, 4.69) is 5.10 Å². The van der Waals surface area contributed by atoms with Gasteiger partial charge >= 0.3 is 0 Å². The van der Waals surface area contributed by atoms with Crippen LogP contribution in [0.15, 0.2) is 47.1 Å². The number of hydrogen-bond acceptors (Lipinski definition) is 4. The van der Waals surface area contributed by atoms with Crippen LogP contribution in [0.1, 0.15) is 18.1 Å². The van der Waals surface area contributed by atoms with Crippen LogP contribution in [0, 0.1) is 34.9 Å². The second kappa shape index (κ2) is 10.2. The minimum atomic E-state index is -2.36. The monoisotopic (exact) mass is 540 g/mol. The van der Waals surface area contributed by atoms with E-state index in [4.69, 9.17) is 21.1 Å². The molecule has 1 aliphatic rings. The predicted molar refractivity (Wildman–Crippen MR) is 124 cm³/mol. The summed E-state index contributed by atoms with van der Waals surface area (Å²) in [6.45, 7) is 1.35. The van der Waals surface area contributed by atoms with Gasteiger partial charge in [0.1, 0.15) is 18.1 Å². The molecule has 0 atom stereocenters. The number of hydrogen-bond donors (Lipinski definition) is 0. The standard InChI is InChI=1S/C25H15ClF6N2O3/c1-11-15(25(35)34(33-11)23-21(31)19(29)18(28)20(30)22(23)32)7-13-8-16(26)24(17(9-13)36-2)37-10-12-3-5-14(27)6-4-12/h3-9H,10H2,1-2H3/b15-7+. The lowest BCUT2D eigenvalue weighted by molar-refractivity contribution is -0.114. The topological polar surface area (TPSA) is 51.1 Å². The lowest BCUT2D eigenvalue weighted by Gasteiger charge is -2.15. The van der Waals surface area contributed by atoms with Crippen molar-refractivity contribution in [1.29, 1.82) is 0 Å². The van der Waals surface area contributed by atoms with Gasteiger partial charge in [-0.1, -0.05) is 23.7 Å². The summed E-state index contributed by atoms with van der Waals surface area (Å²) in [6.07, 6.45) is 1.26. The van der Waals surface area contributed by atoms with E-state index < -0.39 is 46.5 Å². The first kappa shape index (κ1) is 26.1. The Labute approximate surface area is 211 Å². The highest BCUT2D eigenvalue weighted by molar-refractivity contribution is 6.33. The quantitative estimate of drug-likeness (QED) is 0.154. The zero-order valence-corrected chi connectivity index (χ0v) is 19.8. The minimum absolute atomic E-state index is 0.0396. The maximum Gasteiger partial charge on any atom is 0.280 e. The molecule has 12 heteroatoms. The molecule has 3 aromatic carbocycles. The minimum Gasteiger partial charge on any atom is -0.493 e. The van der Waals surface area contributed by atoms with Crippen LogP contribution in [0.25, 0.3) is 6.08 Å². The highest BCUT2D eigenvalue weighted by Gasteiger charge is 2.37. The molecule has 0 bridgehead atoms. The second-order valence-corrected chi connectivity index (χ2v) is 8.14. The Kier molecular flexibility index (Phi) is 7.17. The highest BCUT2D eigenvalue weighted by Crippen LogP contribution is 2.39. The fraction of sp³-hybridized carbons (Fsp3) is 0.120. The van der Waals surface area contributed by atoms with Gasteiger partial charge < -0.3 is 9.47 Å². The molecule has 37 heavy (non-hydrogen) atoms. The number of benzene rings is 3. The molecule has 0 spiro atoms. The second-order valence-electron chi connectivity index (χ2n) is 7.73. The number of methoxy groups -OCH3 is 1. The lowest BCUT2D eigenvalue weighted by Crippen LogP contribution is -2.25. The molecule has 0 unspecified atom stereocenters. The Morgan fingerprint density at radius 3 is 2.14 bits per heavy atom. The fourth-order valence-corrected chi connectivity index (χ4v) is 3.75. The molecule has 0 saturated heterocycles. The van der Waals surface area contributed by atoms with Gasteiger partial charge in [0, 0.05) is 0 Å². The molecule has 0 fully saturated rings. The van der Waals surface area contributed by atoms with Crippen LogP contribution in [0.3, 0.4) is 0 Å². The van der Waals surface area contributed by atoms with Crippen LogP contribution in [0.4, 0.5) is 32.0 Å². The summed E-state index contributed by atoms with van der Waals surface area (Å²) in [5, 5.41) is 3.87. The summed E-state index contributed by atoms with van der Waals surface area (Å²) in [6, 6.07) is 8.44. The van der Waals surface area contributed by atoms with E-state index in [1.165, 1.54) is 56.5 Å². The van der Waals surface area contributed by atoms with Crippen molar-refractivity contribution in [2.45, 2.75) is 13.5 Å². The number of nitrogens with zero attached hydrogens (tertiary/aromatic N) is 2. The molecule has 1 aliphatic heterocycles. The lowest BCUT2D eigenvalue weighted by atomic mass is 10.1.